The number of hydrogen-bond acceptors (Lipinski definition) is 0. The minimum Gasteiger partial charge on any atom is -0.0125 e. The Morgan fingerprint density at radius 3 is 1.00 bits per heavy atom. The zero-order valence-corrected chi connectivity index (χ0v) is 7.61. The second kappa shape index (κ2) is 20.3. The van der Waals surface area contributed by atoms with Crippen LogP contribution in [0.3, 0.4) is 0 Å². The van der Waals surface area contributed by atoms with Gasteiger partial charge in [0.05, 0.1) is 0 Å². The van der Waals surface area contributed by atoms with E-state index < -0.39 is 0 Å². The maximum absolute atomic E-state index is 0. The van der Waals surface area contributed by atoms with Gasteiger partial charge in [-0.05, 0) is 11.0 Å². The summed E-state index contributed by atoms with van der Waals surface area (Å²) < 4.78 is 0. The Morgan fingerprint density at radius 2 is 1.00 bits per heavy atom. The fraction of sp³-hybridized carbons (Fsp3) is 0. The van der Waals surface area contributed by atoms with E-state index >= 15 is 0 Å². The third kappa shape index (κ3) is 9.05. The topological polar surface area (TPSA) is 0 Å². The van der Waals surface area contributed by atoms with Crippen LogP contribution in [0.5, 0.6) is 0 Å². The standard InChI is InChI=1S/Cu.Ni.H3Si.Ti/h;;1H3;. The zero-order chi connectivity index (χ0) is 0. The van der Waals surface area contributed by atoms with Crippen molar-refractivity contribution in [2.75, 3.05) is 0 Å². The molecule has 0 aromatic carbocycles. The summed E-state index contributed by atoms with van der Waals surface area (Å²) in [5, 5.41) is 0. The molecule has 0 aliphatic heterocycles. The molecule has 2 radical (unpaired) electrons. The van der Waals surface area contributed by atoms with Crippen LogP contribution in [-0.4, -0.2) is 11.0 Å². The third-order valence-corrected chi connectivity index (χ3v) is 0. The molecule has 0 aromatic heterocycles. The summed E-state index contributed by atoms with van der Waals surface area (Å²) in [6.07, 6.45) is 0. The predicted molar refractivity (Wildman–Crippen MR) is 9.94 cm³/mol. The Morgan fingerprint density at radius 1 is 1.00 bits per heavy atom. The van der Waals surface area contributed by atoms with Crippen molar-refractivity contribution in [1.29, 1.82) is 0 Å². The van der Waals surface area contributed by atoms with Gasteiger partial charge in [0.1, 0.15) is 0 Å². The van der Waals surface area contributed by atoms with E-state index in [2.05, 4.69) is 0 Å². The Balaban J connectivity index is 0. The van der Waals surface area contributed by atoms with Crippen LogP contribution in [0.25, 0.3) is 0 Å². The molecule has 0 fully saturated rings. The average Bonchev–Trinajstić information content (AvgIpc) is 0. The molecule has 32 valence electrons. The first-order valence-corrected chi connectivity index (χ1v) is 0. The van der Waals surface area contributed by atoms with E-state index in [0.717, 1.165) is 0 Å². The van der Waals surface area contributed by atoms with Crippen LogP contribution in [-0.2, 0) is 55.3 Å². The van der Waals surface area contributed by atoms with Gasteiger partial charge >= 0.3 is 0 Å². The quantitative estimate of drug-likeness (QED) is 0.432. The molecule has 0 heterocycles. The Hall–Kier alpha value is 1.94. The maximum atomic E-state index is 0. The van der Waals surface area contributed by atoms with E-state index in [0.29, 0.717) is 0 Å². The molecule has 4 heavy (non-hydrogen) atoms. The van der Waals surface area contributed by atoms with Gasteiger partial charge in [0.2, 0.25) is 0 Å². The molecule has 0 spiro atoms. The average molecular weight is 201 g/mol. The van der Waals surface area contributed by atoms with Gasteiger partial charge in [0.15, 0.2) is 0 Å². The first kappa shape index (κ1) is 38.4. The first-order valence-electron chi connectivity index (χ1n) is 0. The Bertz CT molecular complexity index is 8.00. The molecule has 0 bridgehead atoms. The molecule has 0 N–H and O–H groups in total. The van der Waals surface area contributed by atoms with E-state index in [4.69, 9.17) is 0 Å². The summed E-state index contributed by atoms with van der Waals surface area (Å²) in [5.74, 6) is 0. The molecular formula is H3CuNiSiTi. The smallest absolute Gasteiger partial charge is 0 e. The molecule has 0 nitrogen and oxygen atoms in total. The van der Waals surface area contributed by atoms with Gasteiger partial charge in [-0.25, -0.2) is 0 Å². The monoisotopic (exact) mass is 200 g/mol. The van der Waals surface area contributed by atoms with Gasteiger partial charge < -0.3 is 0 Å². The van der Waals surface area contributed by atoms with Crippen LogP contribution in [0.15, 0.2) is 0 Å². The summed E-state index contributed by atoms with van der Waals surface area (Å²) in [7, 11) is 0. The Labute approximate surface area is 65.8 Å². The molecule has 0 unspecified atom stereocenters. The normalized spacial score (nSPS) is 0. The molecular weight excluding hydrogens is 198 g/mol. The van der Waals surface area contributed by atoms with Gasteiger partial charge in [-0.15, -0.1) is 0 Å². The first-order chi connectivity index (χ1) is 0. The summed E-state index contributed by atoms with van der Waals surface area (Å²) in [4.78, 5) is 0. The summed E-state index contributed by atoms with van der Waals surface area (Å²) >= 11 is 0. The molecule has 0 aliphatic rings. The SMILES string of the molecule is [Cu].[Ni].[SiH3].[Ti]. The largest absolute Gasteiger partial charge is 0.0125 e. The fourth-order valence-corrected chi connectivity index (χ4v) is 0. The van der Waals surface area contributed by atoms with E-state index in [1.807, 2.05) is 0 Å². The number of hydrogen-bond donors (Lipinski definition) is 0. The second-order valence-corrected chi connectivity index (χ2v) is 0. The van der Waals surface area contributed by atoms with Gasteiger partial charge in [-0.3, -0.25) is 0 Å². The van der Waals surface area contributed by atoms with Gasteiger partial charge in [-0.2, -0.15) is 0 Å². The van der Waals surface area contributed by atoms with Crippen molar-refractivity contribution >= 4 is 11.0 Å². The molecule has 0 amide bonds. The van der Waals surface area contributed by atoms with E-state index in [9.17, 15) is 0 Å². The van der Waals surface area contributed by atoms with E-state index in [1.54, 1.807) is 0 Å². The van der Waals surface area contributed by atoms with Crippen LogP contribution in [0.1, 0.15) is 0 Å². The zero-order valence-electron chi connectivity index (χ0n) is 2.12. The van der Waals surface area contributed by atoms with Gasteiger partial charge in [0, 0.05) is 55.3 Å². The van der Waals surface area contributed by atoms with Crippen LogP contribution in [0.4, 0.5) is 0 Å². The molecule has 4 heteroatoms. The third-order valence-electron chi connectivity index (χ3n) is 0. The van der Waals surface area contributed by atoms with Crippen molar-refractivity contribution in [2.45, 2.75) is 0 Å². The molecule has 0 saturated carbocycles. The fourth-order valence-electron chi connectivity index (χ4n) is 0. The van der Waals surface area contributed by atoms with Crippen molar-refractivity contribution < 1.29 is 55.3 Å². The summed E-state index contributed by atoms with van der Waals surface area (Å²) in [6, 6.07) is 0. The molecule has 0 atom stereocenters. The van der Waals surface area contributed by atoms with Crippen LogP contribution in [0, 0.1) is 0 Å². The minimum absolute atomic E-state index is 0. The molecule has 0 aromatic rings. The number of rotatable bonds is 0. The maximum Gasteiger partial charge on any atom is 0 e. The van der Waals surface area contributed by atoms with Gasteiger partial charge in [-0.1, -0.05) is 0 Å². The van der Waals surface area contributed by atoms with Crippen molar-refractivity contribution in [1.82, 2.24) is 0 Å². The summed E-state index contributed by atoms with van der Waals surface area (Å²) in [6.45, 7) is 0. The van der Waals surface area contributed by atoms with Gasteiger partial charge in [0.25, 0.3) is 0 Å². The van der Waals surface area contributed by atoms with Crippen LogP contribution < -0.4 is 0 Å². The molecule has 0 saturated heterocycles. The van der Waals surface area contributed by atoms with Crippen molar-refractivity contribution in [3.8, 4) is 0 Å². The van der Waals surface area contributed by atoms with Crippen molar-refractivity contribution in [2.24, 2.45) is 0 Å². The van der Waals surface area contributed by atoms with Crippen LogP contribution >= 0.6 is 0 Å². The second-order valence-electron chi connectivity index (χ2n) is 0. The van der Waals surface area contributed by atoms with E-state index in [1.165, 1.54) is 0 Å². The van der Waals surface area contributed by atoms with Crippen molar-refractivity contribution in [3.05, 3.63) is 0 Å². The Kier molecular flexibility index (Phi) is 196. The van der Waals surface area contributed by atoms with Crippen LogP contribution in [0.2, 0.25) is 0 Å². The summed E-state index contributed by atoms with van der Waals surface area (Å²) in [5.41, 5.74) is 0. The predicted octanol–water partition coefficient (Wildman–Crippen LogP) is -1.19. The van der Waals surface area contributed by atoms with E-state index in [-0.39, 0.29) is 66.2 Å². The van der Waals surface area contributed by atoms with Crippen molar-refractivity contribution in [3.63, 3.8) is 0 Å². The molecule has 0 rings (SSSR count). The molecule has 0 aliphatic carbocycles. The minimum atomic E-state index is 0.